The number of halogens is 1. The third-order valence-electron chi connectivity index (χ3n) is 3.02. The summed E-state index contributed by atoms with van der Waals surface area (Å²) in [6, 6.07) is 14.4. The molecule has 0 aliphatic rings. The summed E-state index contributed by atoms with van der Waals surface area (Å²) in [6.07, 6.45) is 3.14. The lowest BCUT2D eigenvalue weighted by Gasteiger charge is -2.06. The van der Waals surface area contributed by atoms with Crippen LogP contribution in [0.1, 0.15) is 15.9 Å². The molecule has 0 N–H and O–H groups in total. The Labute approximate surface area is 135 Å². The van der Waals surface area contributed by atoms with Crippen molar-refractivity contribution in [2.45, 2.75) is 6.54 Å². The zero-order valence-electron chi connectivity index (χ0n) is 11.5. The molecule has 1 heterocycles. The predicted octanol–water partition coefficient (Wildman–Crippen LogP) is 3.31. The Morgan fingerprint density at radius 2 is 1.82 bits per heavy atom. The molecule has 0 amide bonds. The third-order valence-corrected chi connectivity index (χ3v) is 3.55. The van der Waals surface area contributed by atoms with E-state index in [1.165, 1.54) is 6.33 Å². The molecule has 0 aliphatic carbocycles. The zero-order valence-corrected chi connectivity index (χ0v) is 13.1. The van der Waals surface area contributed by atoms with Crippen molar-refractivity contribution in [3.63, 3.8) is 0 Å². The second-order valence-electron chi connectivity index (χ2n) is 4.63. The first kappa shape index (κ1) is 14.5. The lowest BCUT2D eigenvalue weighted by Crippen LogP contribution is -2.08. The molecule has 3 aromatic rings. The van der Waals surface area contributed by atoms with Crippen LogP contribution in [0.5, 0.6) is 5.75 Å². The SMILES string of the molecule is O=C(Oc1ccc(Br)cc1)c1ccc(Cn2cncn2)cc1. The van der Waals surface area contributed by atoms with Crippen LogP contribution in [0, 0.1) is 0 Å². The molecule has 0 radical (unpaired) electrons. The van der Waals surface area contributed by atoms with Crippen molar-refractivity contribution in [2.75, 3.05) is 0 Å². The van der Waals surface area contributed by atoms with Gasteiger partial charge >= 0.3 is 5.97 Å². The Hall–Kier alpha value is -2.47. The van der Waals surface area contributed by atoms with Gasteiger partial charge in [0.05, 0.1) is 12.1 Å². The lowest BCUT2D eigenvalue weighted by molar-refractivity contribution is 0.0735. The van der Waals surface area contributed by atoms with E-state index in [9.17, 15) is 4.79 Å². The summed E-state index contributed by atoms with van der Waals surface area (Å²) in [4.78, 5) is 16.0. The molecule has 0 atom stereocenters. The second-order valence-corrected chi connectivity index (χ2v) is 5.55. The smallest absolute Gasteiger partial charge is 0.343 e. The molecular weight excluding hydrogens is 346 g/mol. The van der Waals surface area contributed by atoms with E-state index in [4.69, 9.17) is 4.74 Å². The van der Waals surface area contributed by atoms with Crippen LogP contribution in [-0.4, -0.2) is 20.7 Å². The fourth-order valence-electron chi connectivity index (χ4n) is 1.92. The van der Waals surface area contributed by atoms with E-state index in [0.29, 0.717) is 17.9 Å². The van der Waals surface area contributed by atoms with E-state index in [0.717, 1.165) is 10.0 Å². The van der Waals surface area contributed by atoms with Crippen LogP contribution in [0.4, 0.5) is 0 Å². The van der Waals surface area contributed by atoms with Gasteiger partial charge in [0.2, 0.25) is 0 Å². The highest BCUT2D eigenvalue weighted by molar-refractivity contribution is 9.10. The van der Waals surface area contributed by atoms with Crippen molar-refractivity contribution in [3.8, 4) is 5.75 Å². The number of aromatic nitrogens is 3. The molecule has 6 heteroatoms. The zero-order chi connectivity index (χ0) is 15.4. The lowest BCUT2D eigenvalue weighted by atomic mass is 10.1. The van der Waals surface area contributed by atoms with E-state index in [2.05, 4.69) is 26.0 Å². The molecule has 22 heavy (non-hydrogen) atoms. The van der Waals surface area contributed by atoms with Crippen LogP contribution in [0.15, 0.2) is 65.7 Å². The minimum absolute atomic E-state index is 0.380. The molecule has 2 aromatic carbocycles. The maximum absolute atomic E-state index is 12.1. The Morgan fingerprint density at radius 3 is 2.45 bits per heavy atom. The van der Waals surface area contributed by atoms with Gasteiger partial charge in [0.15, 0.2) is 0 Å². The summed E-state index contributed by atoms with van der Waals surface area (Å²) >= 11 is 3.34. The van der Waals surface area contributed by atoms with Crippen molar-refractivity contribution >= 4 is 21.9 Å². The van der Waals surface area contributed by atoms with Gasteiger partial charge in [-0.1, -0.05) is 28.1 Å². The Kier molecular flexibility index (Phi) is 4.29. The van der Waals surface area contributed by atoms with Crippen molar-refractivity contribution in [3.05, 3.63) is 76.8 Å². The predicted molar refractivity (Wildman–Crippen MR) is 84.7 cm³/mol. The summed E-state index contributed by atoms with van der Waals surface area (Å²) in [6.45, 7) is 0.613. The first-order chi connectivity index (χ1) is 10.7. The molecule has 5 nitrogen and oxygen atoms in total. The average Bonchev–Trinajstić information content (AvgIpc) is 3.03. The second kappa shape index (κ2) is 6.53. The van der Waals surface area contributed by atoms with Gasteiger partial charge in [-0.2, -0.15) is 5.10 Å². The Morgan fingerprint density at radius 1 is 1.09 bits per heavy atom. The Bertz CT molecular complexity index is 753. The van der Waals surface area contributed by atoms with Gasteiger partial charge in [0.1, 0.15) is 18.4 Å². The van der Waals surface area contributed by atoms with Gasteiger partial charge in [-0.3, -0.25) is 0 Å². The number of nitrogens with zero attached hydrogens (tertiary/aromatic N) is 3. The number of carbonyl (C=O) groups is 1. The van der Waals surface area contributed by atoms with Gasteiger partial charge in [0, 0.05) is 4.47 Å². The molecule has 0 saturated heterocycles. The fourth-order valence-corrected chi connectivity index (χ4v) is 2.18. The van der Waals surface area contributed by atoms with Crippen LogP contribution in [0.2, 0.25) is 0 Å². The molecule has 0 saturated carbocycles. The van der Waals surface area contributed by atoms with Crippen LogP contribution < -0.4 is 4.74 Å². The summed E-state index contributed by atoms with van der Waals surface area (Å²) in [7, 11) is 0. The highest BCUT2D eigenvalue weighted by Gasteiger charge is 2.08. The van der Waals surface area contributed by atoms with Crippen molar-refractivity contribution in [1.82, 2.24) is 14.8 Å². The maximum atomic E-state index is 12.1. The molecular formula is C16H12BrN3O2. The van der Waals surface area contributed by atoms with Gasteiger partial charge in [-0.25, -0.2) is 14.5 Å². The van der Waals surface area contributed by atoms with Crippen LogP contribution in [0.25, 0.3) is 0 Å². The summed E-state index contributed by atoms with van der Waals surface area (Å²) < 4.78 is 7.97. The van der Waals surface area contributed by atoms with Crippen LogP contribution >= 0.6 is 15.9 Å². The minimum Gasteiger partial charge on any atom is -0.423 e. The average molecular weight is 358 g/mol. The highest BCUT2D eigenvalue weighted by Crippen LogP contribution is 2.17. The largest absolute Gasteiger partial charge is 0.423 e. The molecule has 3 rings (SSSR count). The van der Waals surface area contributed by atoms with Crippen LogP contribution in [0.3, 0.4) is 0 Å². The molecule has 0 aliphatic heterocycles. The first-order valence-corrected chi connectivity index (χ1v) is 7.39. The minimum atomic E-state index is -0.380. The number of hydrogen-bond donors (Lipinski definition) is 0. The number of rotatable bonds is 4. The van der Waals surface area contributed by atoms with Gasteiger partial charge < -0.3 is 4.74 Å². The van der Waals surface area contributed by atoms with E-state index >= 15 is 0 Å². The summed E-state index contributed by atoms with van der Waals surface area (Å²) in [5.41, 5.74) is 1.54. The van der Waals surface area contributed by atoms with Gasteiger partial charge in [0.25, 0.3) is 0 Å². The highest BCUT2D eigenvalue weighted by atomic mass is 79.9. The van der Waals surface area contributed by atoms with Crippen LogP contribution in [-0.2, 0) is 6.54 Å². The van der Waals surface area contributed by atoms with E-state index in [1.54, 1.807) is 35.3 Å². The number of esters is 1. The van der Waals surface area contributed by atoms with Gasteiger partial charge in [-0.15, -0.1) is 0 Å². The fraction of sp³-hybridized carbons (Fsp3) is 0.0625. The normalized spacial score (nSPS) is 10.4. The molecule has 0 fully saturated rings. The number of ether oxygens (including phenoxy) is 1. The molecule has 0 spiro atoms. The molecule has 110 valence electrons. The number of carbonyl (C=O) groups excluding carboxylic acids is 1. The van der Waals surface area contributed by atoms with Crippen molar-refractivity contribution < 1.29 is 9.53 Å². The molecule has 0 unspecified atom stereocenters. The number of benzene rings is 2. The summed E-state index contributed by atoms with van der Waals surface area (Å²) in [5, 5.41) is 4.04. The molecule has 1 aromatic heterocycles. The maximum Gasteiger partial charge on any atom is 0.343 e. The van der Waals surface area contributed by atoms with E-state index < -0.39 is 0 Å². The quantitative estimate of drug-likeness (QED) is 0.530. The molecule has 0 bridgehead atoms. The number of hydrogen-bond acceptors (Lipinski definition) is 4. The Balaban J connectivity index is 1.66. The third kappa shape index (κ3) is 3.59. The standard InChI is InChI=1S/C16H12BrN3O2/c17-14-5-7-15(8-6-14)22-16(21)13-3-1-12(2-4-13)9-20-11-18-10-19-20/h1-8,10-11H,9H2. The monoisotopic (exact) mass is 357 g/mol. The van der Waals surface area contributed by atoms with Crippen molar-refractivity contribution in [1.29, 1.82) is 0 Å². The summed E-state index contributed by atoms with van der Waals surface area (Å²) in [5.74, 6) is 0.134. The van der Waals surface area contributed by atoms with Crippen molar-refractivity contribution in [2.24, 2.45) is 0 Å². The van der Waals surface area contributed by atoms with E-state index in [-0.39, 0.29) is 5.97 Å². The van der Waals surface area contributed by atoms with Gasteiger partial charge in [-0.05, 0) is 42.0 Å². The first-order valence-electron chi connectivity index (χ1n) is 6.60. The topological polar surface area (TPSA) is 57.0 Å². The van der Waals surface area contributed by atoms with E-state index in [1.807, 2.05) is 24.3 Å².